The number of nitrogens with one attached hydrogen (secondary N) is 1. The van der Waals surface area contributed by atoms with Crippen LogP contribution in [0.2, 0.25) is 0 Å². The number of nitrogens with zero attached hydrogens (tertiary/aromatic N) is 1. The van der Waals surface area contributed by atoms with Crippen molar-refractivity contribution >= 4 is 5.91 Å². The maximum atomic E-state index is 12.3. The van der Waals surface area contributed by atoms with Gasteiger partial charge in [0.2, 0.25) is 5.91 Å². The Labute approximate surface area is 105 Å². The molecule has 0 aromatic carbocycles. The van der Waals surface area contributed by atoms with Gasteiger partial charge in [0.15, 0.2) is 0 Å². The highest BCUT2D eigenvalue weighted by atomic mass is 16.2. The molecule has 3 heteroatoms. The molecule has 1 N–H and O–H groups in total. The third kappa shape index (κ3) is 3.21. The Hall–Kier alpha value is -0.570. The van der Waals surface area contributed by atoms with Gasteiger partial charge in [-0.2, -0.15) is 0 Å². The van der Waals surface area contributed by atoms with Crippen molar-refractivity contribution in [1.82, 2.24) is 10.2 Å². The first-order valence-corrected chi connectivity index (χ1v) is 7.16. The summed E-state index contributed by atoms with van der Waals surface area (Å²) in [6.07, 6.45) is 7.63. The Kier molecular flexibility index (Phi) is 4.43. The van der Waals surface area contributed by atoms with Crippen LogP contribution in [0.4, 0.5) is 0 Å². The first kappa shape index (κ1) is 12.9. The molecule has 0 aromatic rings. The highest BCUT2D eigenvalue weighted by Gasteiger charge is 2.28. The molecular weight excluding hydrogens is 212 g/mol. The maximum Gasteiger partial charge on any atom is 0.225 e. The molecule has 1 aliphatic carbocycles. The van der Waals surface area contributed by atoms with Gasteiger partial charge in [0.05, 0.1) is 0 Å². The average Bonchev–Trinajstić information content (AvgIpc) is 2.99. The van der Waals surface area contributed by atoms with Crippen LogP contribution in [0.5, 0.6) is 0 Å². The number of carbonyl (C=O) groups excluding carboxylic acids is 1. The van der Waals surface area contributed by atoms with Crippen LogP contribution in [0.15, 0.2) is 0 Å². The minimum atomic E-state index is 0.212. The Morgan fingerprint density at radius 3 is 2.65 bits per heavy atom. The molecule has 2 unspecified atom stereocenters. The molecule has 0 radical (unpaired) electrons. The smallest absolute Gasteiger partial charge is 0.225 e. The molecule has 2 rings (SSSR count). The fourth-order valence-corrected chi connectivity index (χ4v) is 3.34. The summed E-state index contributed by atoms with van der Waals surface area (Å²) in [7, 11) is 1.98. The molecule has 1 aliphatic heterocycles. The van der Waals surface area contributed by atoms with Gasteiger partial charge in [-0.25, -0.2) is 0 Å². The van der Waals surface area contributed by atoms with Crippen LogP contribution < -0.4 is 5.32 Å². The van der Waals surface area contributed by atoms with Gasteiger partial charge < -0.3 is 10.2 Å². The van der Waals surface area contributed by atoms with E-state index in [1.165, 1.54) is 25.7 Å². The van der Waals surface area contributed by atoms with Gasteiger partial charge in [-0.05, 0) is 25.3 Å². The van der Waals surface area contributed by atoms with E-state index in [0.717, 1.165) is 31.8 Å². The van der Waals surface area contributed by atoms with Crippen molar-refractivity contribution in [2.24, 2.45) is 11.8 Å². The van der Waals surface area contributed by atoms with Gasteiger partial charge in [0, 0.05) is 25.6 Å². The van der Waals surface area contributed by atoms with Crippen molar-refractivity contribution in [3.63, 3.8) is 0 Å². The predicted molar refractivity (Wildman–Crippen MR) is 69.8 cm³/mol. The van der Waals surface area contributed by atoms with E-state index in [2.05, 4.69) is 12.2 Å². The fraction of sp³-hybridized carbons (Fsp3) is 0.929. The summed E-state index contributed by atoms with van der Waals surface area (Å²) in [5, 5.41) is 3.33. The van der Waals surface area contributed by atoms with Crippen LogP contribution in [0.3, 0.4) is 0 Å². The molecule has 0 aromatic heterocycles. The van der Waals surface area contributed by atoms with Crippen LogP contribution in [0.25, 0.3) is 0 Å². The summed E-state index contributed by atoms with van der Waals surface area (Å²) in [5.41, 5.74) is 0. The van der Waals surface area contributed by atoms with Gasteiger partial charge in [-0.1, -0.05) is 32.6 Å². The van der Waals surface area contributed by atoms with Gasteiger partial charge in [0.1, 0.15) is 0 Å². The molecule has 2 atom stereocenters. The molecule has 3 nitrogen and oxygen atoms in total. The number of amides is 1. The molecule has 98 valence electrons. The van der Waals surface area contributed by atoms with Crippen LogP contribution >= 0.6 is 0 Å². The first-order valence-electron chi connectivity index (χ1n) is 7.16. The average molecular weight is 238 g/mol. The lowest BCUT2D eigenvalue weighted by Gasteiger charge is -2.27. The second-order valence-corrected chi connectivity index (χ2v) is 5.88. The van der Waals surface area contributed by atoms with E-state index < -0.39 is 0 Å². The van der Waals surface area contributed by atoms with Crippen LogP contribution in [-0.2, 0) is 4.79 Å². The monoisotopic (exact) mass is 238 g/mol. The lowest BCUT2D eigenvalue weighted by molar-refractivity contribution is -0.136. The summed E-state index contributed by atoms with van der Waals surface area (Å²) in [4.78, 5) is 14.3. The second-order valence-electron chi connectivity index (χ2n) is 5.88. The zero-order valence-corrected chi connectivity index (χ0v) is 11.2. The summed E-state index contributed by atoms with van der Waals surface area (Å²) in [6, 6.07) is 0.425. The molecule has 0 bridgehead atoms. The van der Waals surface area contributed by atoms with Gasteiger partial charge in [-0.15, -0.1) is 0 Å². The topological polar surface area (TPSA) is 32.3 Å². The zero-order valence-electron chi connectivity index (χ0n) is 11.2. The van der Waals surface area contributed by atoms with Gasteiger partial charge in [0.25, 0.3) is 0 Å². The maximum absolute atomic E-state index is 12.3. The number of hydrogen-bond acceptors (Lipinski definition) is 2. The molecule has 2 fully saturated rings. The largest absolute Gasteiger partial charge is 0.341 e. The second kappa shape index (κ2) is 5.85. The van der Waals surface area contributed by atoms with E-state index in [-0.39, 0.29) is 5.92 Å². The Morgan fingerprint density at radius 2 is 2.06 bits per heavy atom. The van der Waals surface area contributed by atoms with E-state index in [0.29, 0.717) is 11.9 Å². The lowest BCUT2D eigenvalue weighted by Crippen LogP contribution is -2.41. The number of hydrogen-bond donors (Lipinski definition) is 1. The van der Waals surface area contributed by atoms with E-state index in [1.54, 1.807) is 0 Å². The molecule has 1 saturated heterocycles. The molecule has 1 saturated carbocycles. The molecule has 1 amide bonds. The molecule has 2 aliphatic rings. The van der Waals surface area contributed by atoms with Crippen molar-refractivity contribution in [3.05, 3.63) is 0 Å². The molecule has 17 heavy (non-hydrogen) atoms. The fourth-order valence-electron chi connectivity index (χ4n) is 3.34. The molecule has 0 spiro atoms. The third-order valence-electron chi connectivity index (χ3n) is 4.51. The van der Waals surface area contributed by atoms with Crippen molar-refractivity contribution in [2.45, 2.75) is 51.5 Å². The summed E-state index contributed by atoms with van der Waals surface area (Å²) >= 11 is 0. The zero-order chi connectivity index (χ0) is 12.3. The molecular formula is C14H26N2O. The first-order chi connectivity index (χ1) is 8.18. The third-order valence-corrected chi connectivity index (χ3v) is 4.51. The summed E-state index contributed by atoms with van der Waals surface area (Å²) < 4.78 is 0. The Morgan fingerprint density at radius 1 is 1.35 bits per heavy atom. The highest BCUT2D eigenvalue weighted by Crippen LogP contribution is 2.30. The minimum absolute atomic E-state index is 0.212. The standard InChI is InChI=1S/C14H26N2O/c1-11(9-12-5-3-4-6-12)14(17)16(2)13-7-8-15-10-13/h11-13,15H,3-10H2,1-2H3. The predicted octanol–water partition coefficient (Wildman–Crippen LogP) is 2.02. The quantitative estimate of drug-likeness (QED) is 0.812. The van der Waals surface area contributed by atoms with Crippen molar-refractivity contribution in [2.75, 3.05) is 20.1 Å². The number of likely N-dealkylation sites (N-methyl/N-ethyl adjacent to an activating group) is 1. The van der Waals surface area contributed by atoms with Crippen molar-refractivity contribution in [3.8, 4) is 0 Å². The van der Waals surface area contributed by atoms with E-state index >= 15 is 0 Å². The SMILES string of the molecule is CC(CC1CCCC1)C(=O)N(C)C1CCNC1. The van der Waals surface area contributed by atoms with E-state index in [1.807, 2.05) is 11.9 Å². The Balaban J connectivity index is 1.80. The van der Waals surface area contributed by atoms with E-state index in [4.69, 9.17) is 0 Å². The Bertz CT molecular complexity index is 255. The minimum Gasteiger partial charge on any atom is -0.341 e. The van der Waals surface area contributed by atoms with Crippen molar-refractivity contribution in [1.29, 1.82) is 0 Å². The van der Waals surface area contributed by atoms with Crippen LogP contribution in [0.1, 0.15) is 45.4 Å². The number of rotatable bonds is 4. The van der Waals surface area contributed by atoms with Crippen LogP contribution in [-0.4, -0.2) is 37.0 Å². The summed E-state index contributed by atoms with van der Waals surface area (Å²) in [5.74, 6) is 1.37. The van der Waals surface area contributed by atoms with Gasteiger partial charge >= 0.3 is 0 Å². The highest BCUT2D eigenvalue weighted by molar-refractivity contribution is 5.78. The van der Waals surface area contributed by atoms with Crippen molar-refractivity contribution < 1.29 is 4.79 Å². The normalized spacial score (nSPS) is 27.3. The lowest BCUT2D eigenvalue weighted by atomic mass is 9.93. The van der Waals surface area contributed by atoms with Crippen LogP contribution in [0, 0.1) is 11.8 Å². The summed E-state index contributed by atoms with van der Waals surface area (Å²) in [6.45, 7) is 4.14. The van der Waals surface area contributed by atoms with E-state index in [9.17, 15) is 4.79 Å². The molecule has 1 heterocycles. The van der Waals surface area contributed by atoms with Gasteiger partial charge in [-0.3, -0.25) is 4.79 Å². The number of carbonyl (C=O) groups is 1.